The molecule has 5 N–H and O–H groups in total. The van der Waals surface area contributed by atoms with Crippen molar-refractivity contribution >= 4 is 17.9 Å². The Hall–Kier alpha value is -1.83. The van der Waals surface area contributed by atoms with E-state index in [4.69, 9.17) is 15.9 Å². The van der Waals surface area contributed by atoms with Crippen LogP contribution in [0.5, 0.6) is 0 Å². The summed E-state index contributed by atoms with van der Waals surface area (Å²) in [4.78, 5) is 33.4. The van der Waals surface area contributed by atoms with Gasteiger partial charge in [-0.2, -0.15) is 0 Å². The number of amides is 3. The number of carbonyl (C=O) groups excluding carboxylic acids is 2. The Labute approximate surface area is 92.0 Å². The fourth-order valence-electron chi connectivity index (χ4n) is 0.937. The number of likely N-dealkylation sites (N-methyl/N-ethyl adjacent to an activating group) is 1. The standard InChI is InChI=1S/C8H15N3O5/c1-4(12)6(7(14)15)10-8(16)11(2)3-5(9)13/h4,6,12H,3H2,1-2H3,(H2,9,13)(H,10,16)(H,14,15)/t4-,6+/m1/s1. The lowest BCUT2D eigenvalue weighted by Crippen LogP contribution is -2.52. The molecule has 8 heteroatoms. The zero-order valence-corrected chi connectivity index (χ0v) is 9.01. The SMILES string of the molecule is C[C@@H](O)[C@H](NC(=O)N(C)CC(N)=O)C(=O)O. The maximum absolute atomic E-state index is 11.3. The van der Waals surface area contributed by atoms with Gasteiger partial charge in [0.15, 0.2) is 6.04 Å². The third-order valence-electron chi connectivity index (χ3n) is 1.77. The summed E-state index contributed by atoms with van der Waals surface area (Å²) in [6.07, 6.45) is -1.25. The number of hydrogen-bond acceptors (Lipinski definition) is 4. The van der Waals surface area contributed by atoms with E-state index in [1.165, 1.54) is 14.0 Å². The monoisotopic (exact) mass is 233 g/mol. The summed E-state index contributed by atoms with van der Waals surface area (Å²) in [6, 6.07) is -2.23. The minimum absolute atomic E-state index is 0.335. The van der Waals surface area contributed by atoms with Crippen LogP contribution in [-0.4, -0.2) is 58.8 Å². The summed E-state index contributed by atoms with van der Waals surface area (Å²) in [5.41, 5.74) is 4.86. The number of carbonyl (C=O) groups is 3. The van der Waals surface area contributed by atoms with Crippen molar-refractivity contribution in [3.63, 3.8) is 0 Å². The van der Waals surface area contributed by atoms with Gasteiger partial charge in [-0.05, 0) is 6.92 Å². The van der Waals surface area contributed by atoms with Crippen LogP contribution in [0.4, 0.5) is 4.79 Å². The first-order valence-electron chi connectivity index (χ1n) is 4.46. The van der Waals surface area contributed by atoms with Crippen molar-refractivity contribution in [2.75, 3.05) is 13.6 Å². The molecule has 0 spiro atoms. The van der Waals surface area contributed by atoms with Crippen LogP contribution in [-0.2, 0) is 9.59 Å². The van der Waals surface area contributed by atoms with Crippen LogP contribution < -0.4 is 11.1 Å². The molecule has 0 aliphatic rings. The lowest BCUT2D eigenvalue weighted by atomic mass is 10.2. The molecular weight excluding hydrogens is 218 g/mol. The topological polar surface area (TPSA) is 133 Å². The number of urea groups is 1. The smallest absolute Gasteiger partial charge is 0.328 e. The number of aliphatic carboxylic acids is 1. The van der Waals surface area contributed by atoms with Gasteiger partial charge in [-0.3, -0.25) is 4.79 Å². The highest BCUT2D eigenvalue weighted by Crippen LogP contribution is 1.95. The van der Waals surface area contributed by atoms with E-state index in [0.717, 1.165) is 4.90 Å². The van der Waals surface area contributed by atoms with Crippen LogP contribution in [0, 0.1) is 0 Å². The van der Waals surface area contributed by atoms with Gasteiger partial charge >= 0.3 is 12.0 Å². The predicted octanol–water partition coefficient (Wildman–Crippen LogP) is -2.05. The molecule has 0 radical (unpaired) electrons. The van der Waals surface area contributed by atoms with Crippen molar-refractivity contribution in [3.05, 3.63) is 0 Å². The molecule has 8 nitrogen and oxygen atoms in total. The number of aliphatic hydroxyl groups excluding tert-OH is 1. The number of nitrogens with two attached hydrogens (primary N) is 1. The number of carboxylic acids is 1. The molecule has 3 amide bonds. The zero-order chi connectivity index (χ0) is 12.9. The average Bonchev–Trinajstić information content (AvgIpc) is 2.11. The Bertz CT molecular complexity index is 291. The van der Waals surface area contributed by atoms with Gasteiger partial charge < -0.3 is 26.2 Å². The lowest BCUT2D eigenvalue weighted by molar-refractivity contribution is -0.141. The van der Waals surface area contributed by atoms with E-state index in [1.807, 2.05) is 0 Å². The highest BCUT2D eigenvalue weighted by molar-refractivity contribution is 5.86. The molecular formula is C8H15N3O5. The number of carboxylic acid groups (broad SMARTS) is 1. The van der Waals surface area contributed by atoms with Crippen LogP contribution in [0.25, 0.3) is 0 Å². The Kier molecular flexibility index (Phi) is 5.23. The Morgan fingerprint density at radius 1 is 1.44 bits per heavy atom. The maximum atomic E-state index is 11.3. The number of nitrogens with zero attached hydrogens (tertiary/aromatic N) is 1. The lowest BCUT2D eigenvalue weighted by Gasteiger charge is -2.21. The second kappa shape index (κ2) is 5.91. The first-order chi connectivity index (χ1) is 7.25. The quantitative estimate of drug-likeness (QED) is 0.433. The van der Waals surface area contributed by atoms with Crippen LogP contribution in [0.15, 0.2) is 0 Å². The molecule has 0 rings (SSSR count). The Balaban J connectivity index is 4.40. The van der Waals surface area contributed by atoms with Crippen molar-refractivity contribution in [1.82, 2.24) is 10.2 Å². The van der Waals surface area contributed by atoms with Gasteiger partial charge in [0.25, 0.3) is 0 Å². The summed E-state index contributed by atoms with van der Waals surface area (Å²) in [7, 11) is 1.28. The molecule has 0 aromatic heterocycles. The van der Waals surface area contributed by atoms with E-state index in [1.54, 1.807) is 0 Å². The normalized spacial score (nSPS) is 13.7. The van der Waals surface area contributed by atoms with E-state index in [9.17, 15) is 14.4 Å². The number of primary amides is 1. The Morgan fingerprint density at radius 2 is 1.94 bits per heavy atom. The predicted molar refractivity (Wildman–Crippen MR) is 53.5 cm³/mol. The van der Waals surface area contributed by atoms with Crippen LogP contribution in [0.1, 0.15) is 6.92 Å². The molecule has 0 saturated carbocycles. The van der Waals surface area contributed by atoms with Crippen molar-refractivity contribution in [2.24, 2.45) is 5.73 Å². The van der Waals surface area contributed by atoms with Crippen LogP contribution >= 0.6 is 0 Å². The molecule has 2 atom stereocenters. The van der Waals surface area contributed by atoms with Crippen molar-refractivity contribution in [3.8, 4) is 0 Å². The van der Waals surface area contributed by atoms with Gasteiger partial charge in [0, 0.05) is 7.05 Å². The molecule has 0 aromatic carbocycles. The first-order valence-corrected chi connectivity index (χ1v) is 4.46. The number of nitrogens with one attached hydrogen (secondary N) is 1. The first kappa shape index (κ1) is 14.2. The highest BCUT2D eigenvalue weighted by atomic mass is 16.4. The number of hydrogen-bond donors (Lipinski definition) is 4. The average molecular weight is 233 g/mol. The van der Waals surface area contributed by atoms with Crippen molar-refractivity contribution in [2.45, 2.75) is 19.1 Å². The third kappa shape index (κ3) is 4.60. The van der Waals surface area contributed by atoms with Gasteiger partial charge in [0.1, 0.15) is 6.54 Å². The molecule has 0 aromatic rings. The largest absolute Gasteiger partial charge is 0.480 e. The molecule has 0 bridgehead atoms. The minimum atomic E-state index is -1.43. The molecule has 0 aliphatic heterocycles. The van der Waals surface area contributed by atoms with E-state index >= 15 is 0 Å². The summed E-state index contributed by atoms with van der Waals surface area (Å²) >= 11 is 0. The second-order valence-corrected chi connectivity index (χ2v) is 3.33. The molecule has 0 heterocycles. The van der Waals surface area contributed by atoms with Crippen molar-refractivity contribution in [1.29, 1.82) is 0 Å². The third-order valence-corrected chi connectivity index (χ3v) is 1.77. The number of aliphatic hydroxyl groups is 1. The molecule has 0 aliphatic carbocycles. The van der Waals surface area contributed by atoms with E-state index in [-0.39, 0.29) is 6.54 Å². The summed E-state index contributed by atoms with van der Waals surface area (Å²) in [5.74, 6) is -2.09. The van der Waals surface area contributed by atoms with Crippen LogP contribution in [0.3, 0.4) is 0 Å². The molecule has 92 valence electrons. The van der Waals surface area contributed by atoms with Gasteiger partial charge in [0.2, 0.25) is 5.91 Å². The number of rotatable bonds is 5. The van der Waals surface area contributed by atoms with Gasteiger partial charge in [-0.25, -0.2) is 9.59 Å². The zero-order valence-electron chi connectivity index (χ0n) is 9.01. The minimum Gasteiger partial charge on any atom is -0.480 e. The van der Waals surface area contributed by atoms with Crippen molar-refractivity contribution < 1.29 is 24.6 Å². The highest BCUT2D eigenvalue weighted by Gasteiger charge is 2.26. The second-order valence-electron chi connectivity index (χ2n) is 3.33. The van der Waals surface area contributed by atoms with Gasteiger partial charge in [-0.15, -0.1) is 0 Å². The van der Waals surface area contributed by atoms with Gasteiger partial charge in [-0.1, -0.05) is 0 Å². The van der Waals surface area contributed by atoms with E-state index in [2.05, 4.69) is 5.32 Å². The van der Waals surface area contributed by atoms with Gasteiger partial charge in [0.05, 0.1) is 6.10 Å². The molecule has 0 saturated heterocycles. The fraction of sp³-hybridized carbons (Fsp3) is 0.625. The summed E-state index contributed by atoms with van der Waals surface area (Å²) < 4.78 is 0. The fourth-order valence-corrected chi connectivity index (χ4v) is 0.937. The molecule has 0 unspecified atom stereocenters. The Morgan fingerprint density at radius 3 is 2.25 bits per heavy atom. The van der Waals surface area contributed by atoms with Crippen LogP contribution in [0.2, 0.25) is 0 Å². The summed E-state index contributed by atoms with van der Waals surface area (Å²) in [6.45, 7) is 0.894. The summed E-state index contributed by atoms with van der Waals surface area (Å²) in [5, 5.41) is 19.8. The van der Waals surface area contributed by atoms with E-state index in [0.29, 0.717) is 0 Å². The molecule has 0 fully saturated rings. The van der Waals surface area contributed by atoms with E-state index < -0.39 is 30.1 Å². The molecule has 16 heavy (non-hydrogen) atoms. The maximum Gasteiger partial charge on any atom is 0.328 e.